The minimum atomic E-state index is -4.95. The number of phosphoric ester groups is 2. The summed E-state index contributed by atoms with van der Waals surface area (Å²) in [5, 5.41) is 10.6. The fourth-order valence-electron chi connectivity index (χ4n) is 10.4. The number of phosphoric acid groups is 2. The monoisotopic (exact) mass is 1300 g/mol. The standard InChI is InChI=1S/C69H134O17P2/c1-7-11-13-15-17-19-20-21-22-23-24-25-26-35-41-47-53-68(73)85-65(58-80-67(72)52-46-40-34-29-27-31-37-43-49-61(5)9-3)60-84-88(77,78)82-56-63(70)55-81-87(75,76)83-59-64(57-79-66(71)51-45-39-33-18-16-14-12-8-2)86-69(74)54-48-42-36-30-28-32-38-44-50-62(6)10-4/h61-65,70H,7-60H2,1-6H3,(H,75,76)(H,77,78)/t61?,62?,63-,64+,65+/m0/s1. The third-order valence-corrected chi connectivity index (χ3v) is 18.6. The van der Waals surface area contributed by atoms with Crippen LogP contribution in [0, 0.1) is 11.8 Å². The van der Waals surface area contributed by atoms with E-state index in [-0.39, 0.29) is 25.7 Å². The molecule has 88 heavy (non-hydrogen) atoms. The summed E-state index contributed by atoms with van der Waals surface area (Å²) < 4.78 is 68.2. The molecule has 0 aromatic heterocycles. The van der Waals surface area contributed by atoms with Crippen LogP contribution in [0.25, 0.3) is 0 Å². The van der Waals surface area contributed by atoms with Crippen LogP contribution in [0.5, 0.6) is 0 Å². The first-order valence-electron chi connectivity index (χ1n) is 36.1. The molecule has 4 unspecified atom stereocenters. The third-order valence-electron chi connectivity index (χ3n) is 16.7. The molecule has 0 bridgehead atoms. The lowest BCUT2D eigenvalue weighted by molar-refractivity contribution is -0.161. The van der Waals surface area contributed by atoms with Gasteiger partial charge >= 0.3 is 39.5 Å². The van der Waals surface area contributed by atoms with Crippen LogP contribution in [-0.2, 0) is 65.4 Å². The van der Waals surface area contributed by atoms with Crippen LogP contribution < -0.4 is 0 Å². The number of carbonyl (C=O) groups is 4. The van der Waals surface area contributed by atoms with Gasteiger partial charge < -0.3 is 33.8 Å². The molecule has 0 aliphatic carbocycles. The number of rotatable bonds is 68. The molecule has 522 valence electrons. The van der Waals surface area contributed by atoms with Crippen LogP contribution in [0.4, 0.5) is 0 Å². The van der Waals surface area contributed by atoms with Crippen molar-refractivity contribution in [3.8, 4) is 0 Å². The second-order valence-corrected chi connectivity index (χ2v) is 28.3. The van der Waals surface area contributed by atoms with E-state index in [1.54, 1.807) is 0 Å². The van der Waals surface area contributed by atoms with E-state index < -0.39 is 97.5 Å². The largest absolute Gasteiger partial charge is 0.472 e. The lowest BCUT2D eigenvalue weighted by Gasteiger charge is -2.21. The van der Waals surface area contributed by atoms with E-state index in [0.717, 1.165) is 108 Å². The summed E-state index contributed by atoms with van der Waals surface area (Å²) >= 11 is 0. The Labute approximate surface area is 537 Å². The average molecular weight is 1300 g/mol. The molecular weight excluding hydrogens is 1160 g/mol. The Morgan fingerprint density at radius 3 is 0.807 bits per heavy atom. The molecule has 0 aromatic rings. The molecule has 3 N–H and O–H groups in total. The second kappa shape index (κ2) is 61.3. The SMILES string of the molecule is CCCCCCCCCCCCCCCCCCC(=O)O[C@H](COC(=O)CCCCCCCCCCC(C)CC)COP(=O)(O)OC[C@@H](O)COP(=O)(O)OC[C@@H](COC(=O)CCCCCCCCCC)OC(=O)CCCCCCCCCCC(C)CC. The van der Waals surface area contributed by atoms with Crippen LogP contribution >= 0.6 is 15.6 Å². The Bertz CT molecular complexity index is 1720. The third kappa shape index (κ3) is 60.3. The van der Waals surface area contributed by atoms with Gasteiger partial charge in [0.2, 0.25) is 0 Å². The minimum Gasteiger partial charge on any atom is -0.462 e. The molecule has 0 aliphatic rings. The van der Waals surface area contributed by atoms with Gasteiger partial charge in [-0.05, 0) is 37.5 Å². The predicted molar refractivity (Wildman–Crippen MR) is 354 cm³/mol. The topological polar surface area (TPSA) is 237 Å². The molecule has 0 radical (unpaired) electrons. The first kappa shape index (κ1) is 86.1. The Hall–Kier alpha value is -1.94. The van der Waals surface area contributed by atoms with Gasteiger partial charge in [0.05, 0.1) is 26.4 Å². The van der Waals surface area contributed by atoms with Gasteiger partial charge in [-0.25, -0.2) is 9.13 Å². The number of ether oxygens (including phenoxy) is 4. The molecule has 7 atom stereocenters. The van der Waals surface area contributed by atoms with Crippen molar-refractivity contribution in [1.29, 1.82) is 0 Å². The highest BCUT2D eigenvalue weighted by Gasteiger charge is 2.30. The fourth-order valence-corrected chi connectivity index (χ4v) is 11.9. The first-order valence-corrected chi connectivity index (χ1v) is 39.1. The number of hydrogen-bond acceptors (Lipinski definition) is 15. The van der Waals surface area contributed by atoms with Crippen molar-refractivity contribution in [3.63, 3.8) is 0 Å². The summed E-state index contributed by atoms with van der Waals surface area (Å²) in [6, 6.07) is 0. The van der Waals surface area contributed by atoms with Crippen molar-refractivity contribution < 1.29 is 80.2 Å². The van der Waals surface area contributed by atoms with E-state index in [4.69, 9.17) is 37.0 Å². The van der Waals surface area contributed by atoms with Crippen molar-refractivity contribution in [2.75, 3.05) is 39.6 Å². The number of aliphatic hydroxyl groups is 1. The lowest BCUT2D eigenvalue weighted by Crippen LogP contribution is -2.30. The van der Waals surface area contributed by atoms with Gasteiger partial charge in [-0.3, -0.25) is 37.3 Å². The lowest BCUT2D eigenvalue weighted by atomic mass is 9.99. The smallest absolute Gasteiger partial charge is 0.462 e. The molecule has 17 nitrogen and oxygen atoms in total. The summed E-state index contributed by atoms with van der Waals surface area (Å²) in [7, 11) is -9.90. The maximum atomic E-state index is 13.0. The van der Waals surface area contributed by atoms with E-state index in [1.165, 1.54) is 161 Å². The number of esters is 4. The molecule has 0 saturated heterocycles. The van der Waals surface area contributed by atoms with Gasteiger partial charge in [0, 0.05) is 25.7 Å². The molecule has 0 heterocycles. The molecule has 0 saturated carbocycles. The van der Waals surface area contributed by atoms with Crippen molar-refractivity contribution in [1.82, 2.24) is 0 Å². The average Bonchev–Trinajstić information content (AvgIpc) is 3.67. The Kier molecular flexibility index (Phi) is 59.9. The van der Waals surface area contributed by atoms with Crippen molar-refractivity contribution in [2.24, 2.45) is 11.8 Å². The van der Waals surface area contributed by atoms with Gasteiger partial charge in [0.25, 0.3) is 0 Å². The van der Waals surface area contributed by atoms with Crippen molar-refractivity contribution >= 4 is 39.5 Å². The maximum absolute atomic E-state index is 13.0. The molecule has 0 amide bonds. The number of carbonyl (C=O) groups excluding carboxylic acids is 4. The predicted octanol–water partition coefficient (Wildman–Crippen LogP) is 19.6. The van der Waals surface area contributed by atoms with E-state index >= 15 is 0 Å². The zero-order chi connectivity index (χ0) is 65.0. The number of aliphatic hydroxyl groups excluding tert-OH is 1. The summed E-state index contributed by atoms with van der Waals surface area (Å²) in [6.07, 6.45) is 45.7. The van der Waals surface area contributed by atoms with Gasteiger partial charge in [-0.2, -0.15) is 0 Å². The van der Waals surface area contributed by atoms with E-state index in [2.05, 4.69) is 41.5 Å². The van der Waals surface area contributed by atoms with Crippen LogP contribution in [0.15, 0.2) is 0 Å². The highest BCUT2D eigenvalue weighted by Crippen LogP contribution is 2.45. The zero-order valence-corrected chi connectivity index (χ0v) is 58.8. The molecule has 0 aliphatic heterocycles. The van der Waals surface area contributed by atoms with Crippen molar-refractivity contribution in [2.45, 2.75) is 368 Å². The van der Waals surface area contributed by atoms with Gasteiger partial charge in [0.1, 0.15) is 19.3 Å². The number of unbranched alkanes of at least 4 members (excludes halogenated alkanes) is 36. The Morgan fingerprint density at radius 2 is 0.545 bits per heavy atom. The number of hydrogen-bond donors (Lipinski definition) is 3. The molecule has 19 heteroatoms. The van der Waals surface area contributed by atoms with Crippen LogP contribution in [-0.4, -0.2) is 96.7 Å². The van der Waals surface area contributed by atoms with E-state index in [0.29, 0.717) is 25.7 Å². The first-order chi connectivity index (χ1) is 42.4. The fraction of sp³-hybridized carbons (Fsp3) is 0.942. The molecular formula is C69H134O17P2. The quantitative estimate of drug-likeness (QED) is 0.0222. The Morgan fingerprint density at radius 1 is 0.318 bits per heavy atom. The van der Waals surface area contributed by atoms with Gasteiger partial charge in [0.15, 0.2) is 12.2 Å². The highest BCUT2D eigenvalue weighted by molar-refractivity contribution is 7.47. The molecule has 0 rings (SSSR count). The highest BCUT2D eigenvalue weighted by atomic mass is 31.2. The molecule has 0 fully saturated rings. The van der Waals surface area contributed by atoms with Crippen LogP contribution in [0.1, 0.15) is 350 Å². The van der Waals surface area contributed by atoms with Crippen molar-refractivity contribution in [3.05, 3.63) is 0 Å². The van der Waals surface area contributed by atoms with Gasteiger partial charge in [-0.1, -0.05) is 298 Å². The van der Waals surface area contributed by atoms with Crippen LogP contribution in [0.2, 0.25) is 0 Å². The van der Waals surface area contributed by atoms with Crippen LogP contribution in [0.3, 0.4) is 0 Å². The summed E-state index contributed by atoms with van der Waals surface area (Å²) in [4.78, 5) is 72.4. The maximum Gasteiger partial charge on any atom is 0.472 e. The minimum absolute atomic E-state index is 0.105. The summed E-state index contributed by atoms with van der Waals surface area (Å²) in [5.41, 5.74) is 0. The summed E-state index contributed by atoms with van der Waals surface area (Å²) in [6.45, 7) is 9.52. The second-order valence-electron chi connectivity index (χ2n) is 25.4. The molecule has 0 spiro atoms. The van der Waals surface area contributed by atoms with E-state index in [9.17, 15) is 43.2 Å². The van der Waals surface area contributed by atoms with Gasteiger partial charge in [-0.15, -0.1) is 0 Å². The summed E-state index contributed by atoms with van der Waals surface area (Å²) in [5.74, 6) is -0.581. The zero-order valence-electron chi connectivity index (χ0n) is 57.0. The molecule has 0 aromatic carbocycles. The van der Waals surface area contributed by atoms with E-state index in [1.807, 2.05) is 0 Å². The Balaban J connectivity index is 5.23. The normalized spacial score (nSPS) is 14.8.